The van der Waals surface area contributed by atoms with Crippen molar-refractivity contribution in [2.24, 2.45) is 0 Å². The molecule has 0 aliphatic heterocycles. The number of halogens is 1. The van der Waals surface area contributed by atoms with Gasteiger partial charge in [0.15, 0.2) is 0 Å². The van der Waals surface area contributed by atoms with Crippen LogP contribution in [0.15, 0.2) is 54.0 Å². The summed E-state index contributed by atoms with van der Waals surface area (Å²) in [6.07, 6.45) is 0. The molecule has 8 heteroatoms. The average molecular weight is 385 g/mol. The normalized spacial score (nSPS) is 10.8. The van der Waals surface area contributed by atoms with Gasteiger partial charge in [-0.15, -0.1) is 21.5 Å². The van der Waals surface area contributed by atoms with E-state index in [0.29, 0.717) is 31.4 Å². The number of amides is 1. The number of nitrogens with one attached hydrogen (secondary N) is 1. The Morgan fingerprint density at radius 3 is 2.77 bits per heavy atom. The number of carbonyl (C=O) groups excluding carboxylic acids is 1. The highest BCUT2D eigenvalue weighted by Crippen LogP contribution is 2.34. The van der Waals surface area contributed by atoms with Gasteiger partial charge in [0.25, 0.3) is 5.91 Å². The predicted octanol–water partition coefficient (Wildman–Crippen LogP) is 4.72. The predicted molar refractivity (Wildman–Crippen MR) is 100 cm³/mol. The minimum absolute atomic E-state index is 0.0871. The molecule has 1 N–H and O–H groups in total. The molecular formula is C18H12FN3O2S2. The standard InChI is InChI=1S/C18H12FN3O2S2/c19-13-7-4-8-14-15(13)12(9-24-11-5-2-1-3-6-11)16(26-14)17(23)21-18-22-20-10-25-18/h1-8,10H,9H2,(H,21,22,23). The van der Waals surface area contributed by atoms with Crippen LogP contribution in [0.4, 0.5) is 9.52 Å². The number of ether oxygens (including phenoxy) is 1. The Morgan fingerprint density at radius 2 is 2.00 bits per heavy atom. The van der Waals surface area contributed by atoms with E-state index in [2.05, 4.69) is 15.5 Å². The van der Waals surface area contributed by atoms with E-state index < -0.39 is 0 Å². The zero-order valence-corrected chi connectivity index (χ0v) is 14.9. The summed E-state index contributed by atoms with van der Waals surface area (Å²) in [6.45, 7) is 0.0871. The number of benzene rings is 2. The second kappa shape index (κ2) is 7.19. The van der Waals surface area contributed by atoms with Crippen LogP contribution in [0, 0.1) is 5.82 Å². The van der Waals surface area contributed by atoms with E-state index in [-0.39, 0.29) is 18.3 Å². The van der Waals surface area contributed by atoms with Gasteiger partial charge in [0.1, 0.15) is 28.6 Å². The van der Waals surface area contributed by atoms with E-state index in [1.807, 2.05) is 30.3 Å². The Kier molecular flexibility index (Phi) is 4.59. The minimum Gasteiger partial charge on any atom is -0.489 e. The van der Waals surface area contributed by atoms with Gasteiger partial charge in [0, 0.05) is 15.6 Å². The van der Waals surface area contributed by atoms with Crippen LogP contribution in [0.5, 0.6) is 5.75 Å². The van der Waals surface area contributed by atoms with Gasteiger partial charge in [0.05, 0.1) is 0 Å². The van der Waals surface area contributed by atoms with Crippen molar-refractivity contribution in [2.75, 3.05) is 5.32 Å². The number of aromatic nitrogens is 2. The van der Waals surface area contributed by atoms with Gasteiger partial charge < -0.3 is 4.74 Å². The van der Waals surface area contributed by atoms with Crippen molar-refractivity contribution in [3.8, 4) is 5.75 Å². The molecular weight excluding hydrogens is 373 g/mol. The van der Waals surface area contributed by atoms with Crippen molar-refractivity contribution in [1.29, 1.82) is 0 Å². The summed E-state index contributed by atoms with van der Waals surface area (Å²) in [5.74, 6) is -0.0759. The summed E-state index contributed by atoms with van der Waals surface area (Å²) in [5.41, 5.74) is 2.05. The van der Waals surface area contributed by atoms with Crippen LogP contribution in [0.25, 0.3) is 10.1 Å². The van der Waals surface area contributed by atoms with E-state index in [1.165, 1.54) is 34.3 Å². The third-order valence-electron chi connectivity index (χ3n) is 3.68. The molecule has 4 rings (SSSR count). The molecule has 0 spiro atoms. The monoisotopic (exact) mass is 385 g/mol. The number of rotatable bonds is 5. The number of anilines is 1. The largest absolute Gasteiger partial charge is 0.489 e. The van der Waals surface area contributed by atoms with Gasteiger partial charge in [-0.3, -0.25) is 10.1 Å². The SMILES string of the molecule is O=C(Nc1nncs1)c1sc2cccc(F)c2c1COc1ccccc1. The number of carbonyl (C=O) groups is 1. The van der Waals surface area contributed by atoms with Gasteiger partial charge in [-0.05, 0) is 24.3 Å². The van der Waals surface area contributed by atoms with Crippen LogP contribution in [-0.4, -0.2) is 16.1 Å². The van der Waals surface area contributed by atoms with Crippen molar-refractivity contribution in [3.05, 3.63) is 70.3 Å². The molecule has 2 aromatic carbocycles. The van der Waals surface area contributed by atoms with Crippen molar-refractivity contribution in [2.45, 2.75) is 6.61 Å². The Balaban J connectivity index is 1.71. The maximum absolute atomic E-state index is 14.4. The first kappa shape index (κ1) is 16.6. The highest BCUT2D eigenvalue weighted by Gasteiger charge is 2.22. The number of thiophene rings is 1. The number of hydrogen-bond donors (Lipinski definition) is 1. The fourth-order valence-corrected chi connectivity index (χ4v) is 4.10. The quantitative estimate of drug-likeness (QED) is 0.540. The molecule has 5 nitrogen and oxygen atoms in total. The third kappa shape index (κ3) is 3.29. The first-order chi connectivity index (χ1) is 12.7. The molecule has 0 atom stereocenters. The lowest BCUT2D eigenvalue weighted by Crippen LogP contribution is -2.13. The lowest BCUT2D eigenvalue weighted by Gasteiger charge is -2.08. The van der Waals surface area contributed by atoms with Crippen LogP contribution in [0.2, 0.25) is 0 Å². The Morgan fingerprint density at radius 1 is 1.15 bits per heavy atom. The molecule has 2 heterocycles. The topological polar surface area (TPSA) is 64.1 Å². The summed E-state index contributed by atoms with van der Waals surface area (Å²) in [5, 5.41) is 11.0. The molecule has 26 heavy (non-hydrogen) atoms. The number of hydrogen-bond acceptors (Lipinski definition) is 6. The van der Waals surface area contributed by atoms with E-state index >= 15 is 0 Å². The van der Waals surface area contributed by atoms with Gasteiger partial charge in [-0.2, -0.15) is 0 Å². The number of fused-ring (bicyclic) bond motifs is 1. The van der Waals surface area contributed by atoms with Crippen LogP contribution in [0.3, 0.4) is 0 Å². The molecule has 0 aliphatic carbocycles. The smallest absolute Gasteiger partial charge is 0.268 e. The van der Waals surface area contributed by atoms with E-state index in [1.54, 1.807) is 12.1 Å². The van der Waals surface area contributed by atoms with Gasteiger partial charge in [0.2, 0.25) is 5.13 Å². The fraction of sp³-hybridized carbons (Fsp3) is 0.0556. The zero-order valence-electron chi connectivity index (χ0n) is 13.3. The van der Waals surface area contributed by atoms with Crippen molar-refractivity contribution in [3.63, 3.8) is 0 Å². The molecule has 0 saturated heterocycles. The summed E-state index contributed by atoms with van der Waals surface area (Å²) in [6, 6.07) is 14.0. The van der Waals surface area contributed by atoms with Crippen molar-refractivity contribution >= 4 is 43.8 Å². The fourth-order valence-electron chi connectivity index (χ4n) is 2.54. The Hall–Kier alpha value is -2.84. The highest BCUT2D eigenvalue weighted by atomic mass is 32.1. The molecule has 130 valence electrons. The van der Waals surface area contributed by atoms with E-state index in [9.17, 15) is 9.18 Å². The minimum atomic E-state index is -0.375. The van der Waals surface area contributed by atoms with Crippen LogP contribution >= 0.6 is 22.7 Å². The van der Waals surface area contributed by atoms with E-state index in [4.69, 9.17) is 4.74 Å². The molecule has 0 aliphatic rings. The van der Waals surface area contributed by atoms with Crippen LogP contribution in [-0.2, 0) is 6.61 Å². The Labute approximate surface area is 156 Å². The first-order valence-electron chi connectivity index (χ1n) is 7.67. The average Bonchev–Trinajstić information content (AvgIpc) is 3.29. The second-order valence-corrected chi connectivity index (χ2v) is 7.21. The van der Waals surface area contributed by atoms with Crippen LogP contribution < -0.4 is 10.1 Å². The number of nitrogens with zero attached hydrogens (tertiary/aromatic N) is 2. The van der Waals surface area contributed by atoms with Gasteiger partial charge >= 0.3 is 0 Å². The molecule has 1 amide bonds. The lowest BCUT2D eigenvalue weighted by atomic mass is 10.1. The summed E-state index contributed by atoms with van der Waals surface area (Å²) < 4.78 is 20.9. The lowest BCUT2D eigenvalue weighted by molar-refractivity contribution is 0.102. The molecule has 0 fully saturated rings. The first-order valence-corrected chi connectivity index (χ1v) is 9.37. The molecule has 0 saturated carbocycles. The molecule has 2 aromatic heterocycles. The maximum atomic E-state index is 14.4. The highest BCUT2D eigenvalue weighted by molar-refractivity contribution is 7.21. The van der Waals surface area contributed by atoms with Crippen molar-refractivity contribution < 1.29 is 13.9 Å². The maximum Gasteiger partial charge on any atom is 0.268 e. The molecule has 0 bridgehead atoms. The van der Waals surface area contributed by atoms with Crippen molar-refractivity contribution in [1.82, 2.24) is 10.2 Å². The Bertz CT molecular complexity index is 1050. The third-order valence-corrected chi connectivity index (χ3v) is 5.48. The van der Waals surface area contributed by atoms with E-state index in [0.717, 1.165) is 0 Å². The number of para-hydroxylation sites is 1. The van der Waals surface area contributed by atoms with Gasteiger partial charge in [-0.1, -0.05) is 35.6 Å². The van der Waals surface area contributed by atoms with Crippen LogP contribution in [0.1, 0.15) is 15.2 Å². The van der Waals surface area contributed by atoms with Gasteiger partial charge in [-0.25, -0.2) is 4.39 Å². The molecule has 0 unspecified atom stereocenters. The molecule has 0 radical (unpaired) electrons. The zero-order chi connectivity index (χ0) is 17.9. The summed E-state index contributed by atoms with van der Waals surface area (Å²) in [7, 11) is 0. The summed E-state index contributed by atoms with van der Waals surface area (Å²) >= 11 is 2.44. The second-order valence-electron chi connectivity index (χ2n) is 5.32. The summed E-state index contributed by atoms with van der Waals surface area (Å²) in [4.78, 5) is 13.1. The molecule has 4 aromatic rings.